The Balaban J connectivity index is 2.40. The first-order valence-corrected chi connectivity index (χ1v) is 6.79. The standard InChI is InChI=1S/C13H20N2OS/c1-3-16-13(7-5-4-6-8-13)12-14-10(2)9-11(17)15-12/h9H,3-8H2,1-2H3,(H,14,15,17). The second kappa shape index (κ2) is 5.27. The SMILES string of the molecule is CCOC1(c2nc(=S)cc(C)[nH]2)CCCCC1. The first-order valence-electron chi connectivity index (χ1n) is 6.39. The maximum atomic E-state index is 6.03. The average Bonchev–Trinajstić information content (AvgIpc) is 2.29. The maximum Gasteiger partial charge on any atom is 0.140 e. The fourth-order valence-corrected chi connectivity index (χ4v) is 2.91. The van der Waals surface area contributed by atoms with Crippen LogP contribution in [0.15, 0.2) is 6.07 Å². The van der Waals surface area contributed by atoms with Gasteiger partial charge in [-0.15, -0.1) is 0 Å². The Kier molecular flexibility index (Phi) is 3.94. The van der Waals surface area contributed by atoms with Gasteiger partial charge in [0.2, 0.25) is 0 Å². The van der Waals surface area contributed by atoms with Crippen LogP contribution in [-0.4, -0.2) is 16.6 Å². The second-order valence-corrected chi connectivity index (χ2v) is 5.16. The number of nitrogens with zero attached hydrogens (tertiary/aromatic N) is 1. The van der Waals surface area contributed by atoms with Crippen molar-refractivity contribution in [3.8, 4) is 0 Å². The Hall–Kier alpha value is -0.740. The first-order chi connectivity index (χ1) is 8.16. The molecule has 3 nitrogen and oxygen atoms in total. The summed E-state index contributed by atoms with van der Waals surface area (Å²) in [4.78, 5) is 7.82. The molecule has 17 heavy (non-hydrogen) atoms. The Morgan fingerprint density at radius 3 is 2.71 bits per heavy atom. The van der Waals surface area contributed by atoms with Gasteiger partial charge in [-0.05, 0) is 32.8 Å². The van der Waals surface area contributed by atoms with E-state index in [4.69, 9.17) is 17.0 Å². The number of ether oxygens (including phenoxy) is 1. The van der Waals surface area contributed by atoms with Gasteiger partial charge in [-0.1, -0.05) is 31.5 Å². The van der Waals surface area contributed by atoms with Crippen LogP contribution in [-0.2, 0) is 10.3 Å². The minimum Gasteiger partial charge on any atom is -0.367 e. The largest absolute Gasteiger partial charge is 0.367 e. The fourth-order valence-electron chi connectivity index (χ4n) is 2.64. The Bertz CT molecular complexity index is 430. The average molecular weight is 252 g/mol. The van der Waals surface area contributed by atoms with Crippen molar-refractivity contribution in [1.29, 1.82) is 0 Å². The van der Waals surface area contributed by atoms with Gasteiger partial charge in [0.15, 0.2) is 0 Å². The van der Waals surface area contributed by atoms with E-state index in [9.17, 15) is 0 Å². The van der Waals surface area contributed by atoms with E-state index < -0.39 is 0 Å². The summed E-state index contributed by atoms with van der Waals surface area (Å²) in [7, 11) is 0. The van der Waals surface area contributed by atoms with E-state index in [1.165, 1.54) is 19.3 Å². The molecule has 1 aromatic heterocycles. The Morgan fingerprint density at radius 2 is 2.12 bits per heavy atom. The molecule has 1 aliphatic rings. The van der Waals surface area contributed by atoms with Crippen molar-refractivity contribution >= 4 is 12.2 Å². The van der Waals surface area contributed by atoms with Crippen molar-refractivity contribution < 1.29 is 4.74 Å². The number of rotatable bonds is 3. The van der Waals surface area contributed by atoms with E-state index in [2.05, 4.69) is 9.97 Å². The zero-order valence-corrected chi connectivity index (χ0v) is 11.4. The number of aromatic nitrogens is 2. The van der Waals surface area contributed by atoms with Gasteiger partial charge >= 0.3 is 0 Å². The molecule has 1 N–H and O–H groups in total. The zero-order valence-electron chi connectivity index (χ0n) is 10.6. The summed E-state index contributed by atoms with van der Waals surface area (Å²) in [5, 5.41) is 0. The second-order valence-electron chi connectivity index (χ2n) is 4.74. The number of H-pyrrole nitrogens is 1. The molecule has 1 fully saturated rings. The van der Waals surface area contributed by atoms with Gasteiger partial charge < -0.3 is 9.72 Å². The van der Waals surface area contributed by atoms with E-state index in [1.54, 1.807) is 0 Å². The lowest BCUT2D eigenvalue weighted by molar-refractivity contribution is -0.0768. The van der Waals surface area contributed by atoms with Crippen molar-refractivity contribution in [3.63, 3.8) is 0 Å². The fraction of sp³-hybridized carbons (Fsp3) is 0.692. The number of aryl methyl sites for hydroxylation is 1. The molecule has 0 unspecified atom stereocenters. The molecule has 0 radical (unpaired) electrons. The molecule has 1 aromatic rings. The molecule has 1 aliphatic carbocycles. The molecule has 1 saturated carbocycles. The molecule has 1 heterocycles. The molecule has 0 amide bonds. The summed E-state index contributed by atoms with van der Waals surface area (Å²) < 4.78 is 6.68. The van der Waals surface area contributed by atoms with Crippen LogP contribution in [0.1, 0.15) is 50.5 Å². The smallest absolute Gasteiger partial charge is 0.140 e. The number of aromatic amines is 1. The van der Waals surface area contributed by atoms with Crippen LogP contribution >= 0.6 is 12.2 Å². The predicted molar refractivity (Wildman–Crippen MR) is 70.5 cm³/mol. The van der Waals surface area contributed by atoms with E-state index >= 15 is 0 Å². The van der Waals surface area contributed by atoms with Crippen LogP contribution in [0.5, 0.6) is 0 Å². The molecule has 0 aliphatic heterocycles. The van der Waals surface area contributed by atoms with Crippen molar-refractivity contribution in [2.24, 2.45) is 0 Å². The molecule has 2 rings (SSSR count). The zero-order chi connectivity index (χ0) is 12.3. The highest BCUT2D eigenvalue weighted by molar-refractivity contribution is 7.71. The van der Waals surface area contributed by atoms with Crippen molar-refractivity contribution in [2.75, 3.05) is 6.61 Å². The quantitative estimate of drug-likeness (QED) is 0.835. The highest BCUT2D eigenvalue weighted by Gasteiger charge is 2.36. The van der Waals surface area contributed by atoms with Crippen molar-refractivity contribution in [2.45, 2.75) is 51.6 Å². The lowest BCUT2D eigenvalue weighted by atomic mass is 9.84. The lowest BCUT2D eigenvalue weighted by Crippen LogP contribution is -2.34. The van der Waals surface area contributed by atoms with Gasteiger partial charge in [0.05, 0.1) is 0 Å². The number of hydrogen-bond donors (Lipinski definition) is 1. The van der Waals surface area contributed by atoms with Crippen LogP contribution in [0.25, 0.3) is 0 Å². The third-order valence-electron chi connectivity index (χ3n) is 3.39. The monoisotopic (exact) mass is 252 g/mol. The van der Waals surface area contributed by atoms with Crippen LogP contribution in [0.4, 0.5) is 0 Å². The minimum atomic E-state index is -0.230. The van der Waals surface area contributed by atoms with Gasteiger partial charge in [0, 0.05) is 12.3 Å². The van der Waals surface area contributed by atoms with Crippen LogP contribution in [0.3, 0.4) is 0 Å². The van der Waals surface area contributed by atoms with Gasteiger partial charge in [0.1, 0.15) is 16.1 Å². The van der Waals surface area contributed by atoms with E-state index in [0.717, 1.165) is 31.0 Å². The normalized spacial score (nSPS) is 19.2. The topological polar surface area (TPSA) is 37.9 Å². The summed E-state index contributed by atoms with van der Waals surface area (Å²) >= 11 is 5.20. The molecule has 4 heteroatoms. The van der Waals surface area contributed by atoms with Crippen LogP contribution in [0.2, 0.25) is 0 Å². The van der Waals surface area contributed by atoms with Gasteiger partial charge in [0.25, 0.3) is 0 Å². The maximum absolute atomic E-state index is 6.03. The molecule has 94 valence electrons. The van der Waals surface area contributed by atoms with Crippen molar-refractivity contribution in [1.82, 2.24) is 9.97 Å². The first kappa shape index (κ1) is 12.7. The molecular weight excluding hydrogens is 232 g/mol. The third-order valence-corrected chi connectivity index (χ3v) is 3.60. The molecule has 0 saturated heterocycles. The molecule has 0 bridgehead atoms. The van der Waals surface area contributed by atoms with Gasteiger partial charge in [-0.25, -0.2) is 4.98 Å². The summed E-state index contributed by atoms with van der Waals surface area (Å²) in [6, 6.07) is 1.89. The van der Waals surface area contributed by atoms with Crippen LogP contribution < -0.4 is 0 Å². The summed E-state index contributed by atoms with van der Waals surface area (Å²) in [5.41, 5.74) is 0.830. The lowest BCUT2D eigenvalue weighted by Gasteiger charge is -2.36. The molecule has 0 atom stereocenters. The number of nitrogens with one attached hydrogen (secondary N) is 1. The third kappa shape index (κ3) is 2.75. The van der Waals surface area contributed by atoms with Gasteiger partial charge in [-0.2, -0.15) is 0 Å². The highest BCUT2D eigenvalue weighted by Crippen LogP contribution is 2.38. The van der Waals surface area contributed by atoms with E-state index in [1.807, 2.05) is 19.9 Å². The van der Waals surface area contributed by atoms with Gasteiger partial charge in [-0.3, -0.25) is 0 Å². The Labute approximate surface area is 108 Å². The summed E-state index contributed by atoms with van der Waals surface area (Å²) in [6.45, 7) is 4.78. The predicted octanol–water partition coefficient (Wildman–Crippen LogP) is 3.64. The molecule has 0 spiro atoms. The van der Waals surface area contributed by atoms with Crippen molar-refractivity contribution in [3.05, 3.63) is 22.2 Å². The van der Waals surface area contributed by atoms with Crippen LogP contribution in [0, 0.1) is 11.6 Å². The van der Waals surface area contributed by atoms with E-state index in [0.29, 0.717) is 4.64 Å². The number of hydrogen-bond acceptors (Lipinski definition) is 3. The minimum absolute atomic E-state index is 0.230. The summed E-state index contributed by atoms with van der Waals surface area (Å²) in [5.74, 6) is 0.920. The highest BCUT2D eigenvalue weighted by atomic mass is 32.1. The molecular formula is C13H20N2OS. The Morgan fingerprint density at radius 1 is 1.41 bits per heavy atom. The summed E-state index contributed by atoms with van der Waals surface area (Å²) in [6.07, 6.45) is 5.79. The molecule has 0 aromatic carbocycles. The van der Waals surface area contributed by atoms with E-state index in [-0.39, 0.29) is 5.60 Å².